The fraction of sp³-hybridized carbons (Fsp3) is 0.500. The lowest BCUT2D eigenvalue weighted by Crippen LogP contribution is -2.41. The van der Waals surface area contributed by atoms with Crippen LogP contribution in [0.4, 0.5) is 5.69 Å². The van der Waals surface area contributed by atoms with Crippen molar-refractivity contribution in [1.82, 2.24) is 10.3 Å². The van der Waals surface area contributed by atoms with Crippen molar-refractivity contribution < 1.29 is 0 Å². The highest BCUT2D eigenvalue weighted by Gasteiger charge is 2.20. The number of hydrogen-bond donors (Lipinski definition) is 1. The standard InChI is InChI=1S/C12H16N4/c1-16(10-4-7-14-8-5-10)12-3-2-6-15-11(12)9-13/h2-3,6,10,14H,4-5,7-8H2,1H3. The first-order valence-electron chi connectivity index (χ1n) is 5.61. The van der Waals surface area contributed by atoms with Gasteiger partial charge in [-0.1, -0.05) is 0 Å². The number of hydrogen-bond acceptors (Lipinski definition) is 4. The number of nitrogens with zero attached hydrogens (tertiary/aromatic N) is 3. The Morgan fingerprint density at radius 3 is 2.94 bits per heavy atom. The van der Waals surface area contributed by atoms with Crippen molar-refractivity contribution in [1.29, 1.82) is 5.26 Å². The first-order chi connectivity index (χ1) is 7.83. The van der Waals surface area contributed by atoms with Crippen LogP contribution < -0.4 is 10.2 Å². The average Bonchev–Trinajstić information content (AvgIpc) is 2.39. The van der Waals surface area contributed by atoms with Gasteiger partial charge in [0, 0.05) is 19.3 Å². The summed E-state index contributed by atoms with van der Waals surface area (Å²) in [6.07, 6.45) is 3.91. The Morgan fingerprint density at radius 1 is 1.50 bits per heavy atom. The van der Waals surface area contributed by atoms with E-state index in [-0.39, 0.29) is 0 Å². The Hall–Kier alpha value is -1.60. The summed E-state index contributed by atoms with van der Waals surface area (Å²) in [6.45, 7) is 2.11. The minimum atomic E-state index is 0.512. The molecular formula is C12H16N4. The SMILES string of the molecule is CN(c1cccnc1C#N)C1CCNCC1. The van der Waals surface area contributed by atoms with Gasteiger partial charge in [0.1, 0.15) is 6.07 Å². The van der Waals surface area contributed by atoms with E-state index in [2.05, 4.69) is 21.3 Å². The number of pyridine rings is 1. The second-order valence-electron chi connectivity index (χ2n) is 4.08. The van der Waals surface area contributed by atoms with Crippen molar-refractivity contribution in [3.63, 3.8) is 0 Å². The summed E-state index contributed by atoms with van der Waals surface area (Å²) in [4.78, 5) is 6.28. The second-order valence-corrected chi connectivity index (χ2v) is 4.08. The molecule has 0 saturated carbocycles. The molecule has 1 aliphatic heterocycles. The number of rotatable bonds is 2. The molecule has 1 fully saturated rings. The van der Waals surface area contributed by atoms with E-state index in [0.29, 0.717) is 11.7 Å². The number of aromatic nitrogens is 1. The molecule has 4 nitrogen and oxygen atoms in total. The molecule has 4 heteroatoms. The number of nitriles is 1. The van der Waals surface area contributed by atoms with E-state index >= 15 is 0 Å². The fourth-order valence-corrected chi connectivity index (χ4v) is 2.16. The maximum atomic E-state index is 9.01. The van der Waals surface area contributed by atoms with E-state index < -0.39 is 0 Å². The monoisotopic (exact) mass is 216 g/mol. The lowest BCUT2D eigenvalue weighted by Gasteiger charge is -2.33. The first-order valence-corrected chi connectivity index (χ1v) is 5.61. The maximum absolute atomic E-state index is 9.01. The van der Waals surface area contributed by atoms with Gasteiger partial charge < -0.3 is 10.2 Å². The molecule has 16 heavy (non-hydrogen) atoms. The summed E-state index contributed by atoms with van der Waals surface area (Å²) in [5.41, 5.74) is 1.46. The molecule has 0 radical (unpaired) electrons. The van der Waals surface area contributed by atoms with Crippen molar-refractivity contribution in [2.24, 2.45) is 0 Å². The third-order valence-corrected chi connectivity index (χ3v) is 3.13. The molecule has 0 spiro atoms. The van der Waals surface area contributed by atoms with Crippen molar-refractivity contribution in [3.05, 3.63) is 24.0 Å². The summed E-state index contributed by atoms with van der Waals surface area (Å²) < 4.78 is 0. The van der Waals surface area contributed by atoms with Gasteiger partial charge in [0.25, 0.3) is 0 Å². The van der Waals surface area contributed by atoms with E-state index in [1.54, 1.807) is 6.20 Å². The van der Waals surface area contributed by atoms with Gasteiger partial charge in [-0.3, -0.25) is 0 Å². The predicted molar refractivity (Wildman–Crippen MR) is 63.2 cm³/mol. The summed E-state index contributed by atoms with van der Waals surface area (Å²) in [7, 11) is 2.05. The van der Waals surface area contributed by atoms with Crippen LogP contribution in [-0.2, 0) is 0 Å². The second kappa shape index (κ2) is 4.95. The Morgan fingerprint density at radius 2 is 2.25 bits per heavy atom. The number of piperidine rings is 1. The molecular weight excluding hydrogens is 200 g/mol. The molecule has 1 aliphatic rings. The summed E-state index contributed by atoms with van der Waals surface area (Å²) in [6, 6.07) is 6.51. The van der Waals surface area contributed by atoms with Crippen LogP contribution >= 0.6 is 0 Å². The van der Waals surface area contributed by atoms with Crippen LogP contribution in [0.15, 0.2) is 18.3 Å². The molecule has 0 amide bonds. The maximum Gasteiger partial charge on any atom is 0.163 e. The zero-order valence-electron chi connectivity index (χ0n) is 9.48. The molecule has 2 rings (SSSR count). The van der Waals surface area contributed by atoms with Gasteiger partial charge in [-0.05, 0) is 38.1 Å². The van der Waals surface area contributed by atoms with Crippen LogP contribution in [0.1, 0.15) is 18.5 Å². The van der Waals surface area contributed by atoms with Crippen LogP contribution in [0.3, 0.4) is 0 Å². The summed E-state index contributed by atoms with van der Waals surface area (Å²) >= 11 is 0. The van der Waals surface area contributed by atoms with Gasteiger partial charge in [0.2, 0.25) is 0 Å². The van der Waals surface area contributed by atoms with Gasteiger partial charge in [0.15, 0.2) is 5.69 Å². The van der Waals surface area contributed by atoms with Crippen LogP contribution in [0.25, 0.3) is 0 Å². The minimum Gasteiger partial charge on any atom is -0.369 e. The molecule has 0 bridgehead atoms. The van der Waals surface area contributed by atoms with Crippen LogP contribution in [0.2, 0.25) is 0 Å². The molecule has 84 valence electrons. The fourth-order valence-electron chi connectivity index (χ4n) is 2.16. The largest absolute Gasteiger partial charge is 0.369 e. The Bertz CT molecular complexity index is 390. The highest BCUT2D eigenvalue weighted by molar-refractivity contribution is 5.55. The zero-order chi connectivity index (χ0) is 11.4. The van der Waals surface area contributed by atoms with Crippen molar-refractivity contribution in [2.75, 3.05) is 25.0 Å². The average molecular weight is 216 g/mol. The lowest BCUT2D eigenvalue weighted by atomic mass is 10.0. The van der Waals surface area contributed by atoms with Gasteiger partial charge in [-0.25, -0.2) is 4.98 Å². The highest BCUT2D eigenvalue weighted by Crippen LogP contribution is 2.21. The van der Waals surface area contributed by atoms with E-state index in [1.165, 1.54) is 0 Å². The predicted octanol–water partition coefficient (Wildman–Crippen LogP) is 1.14. The van der Waals surface area contributed by atoms with Crippen LogP contribution in [0.5, 0.6) is 0 Å². The quantitative estimate of drug-likeness (QED) is 0.805. The van der Waals surface area contributed by atoms with Gasteiger partial charge in [-0.15, -0.1) is 0 Å². The third kappa shape index (κ3) is 2.15. The van der Waals surface area contributed by atoms with Gasteiger partial charge in [-0.2, -0.15) is 5.26 Å². The molecule has 0 unspecified atom stereocenters. The molecule has 1 aromatic rings. The van der Waals surface area contributed by atoms with E-state index in [0.717, 1.165) is 31.6 Å². The summed E-state index contributed by atoms with van der Waals surface area (Å²) in [5.74, 6) is 0. The highest BCUT2D eigenvalue weighted by atomic mass is 15.2. The smallest absolute Gasteiger partial charge is 0.163 e. The Balaban J connectivity index is 2.19. The third-order valence-electron chi connectivity index (χ3n) is 3.13. The molecule has 1 N–H and O–H groups in total. The van der Waals surface area contributed by atoms with Crippen molar-refractivity contribution >= 4 is 5.69 Å². The number of nitrogens with one attached hydrogen (secondary N) is 1. The molecule has 0 atom stereocenters. The van der Waals surface area contributed by atoms with Crippen molar-refractivity contribution in [3.8, 4) is 6.07 Å². The van der Waals surface area contributed by atoms with Crippen molar-refractivity contribution in [2.45, 2.75) is 18.9 Å². The summed E-state index contributed by atoms with van der Waals surface area (Å²) in [5, 5.41) is 12.4. The molecule has 2 heterocycles. The van der Waals surface area contributed by atoms with Gasteiger partial charge in [0.05, 0.1) is 5.69 Å². The normalized spacial score (nSPS) is 16.8. The van der Waals surface area contributed by atoms with Crippen LogP contribution in [0, 0.1) is 11.3 Å². The van der Waals surface area contributed by atoms with E-state index in [9.17, 15) is 0 Å². The van der Waals surface area contributed by atoms with E-state index in [1.807, 2.05) is 19.2 Å². The van der Waals surface area contributed by atoms with Gasteiger partial charge >= 0.3 is 0 Å². The molecule has 0 aromatic carbocycles. The Kier molecular flexibility index (Phi) is 3.37. The minimum absolute atomic E-state index is 0.512. The Labute approximate surface area is 95.9 Å². The number of anilines is 1. The topological polar surface area (TPSA) is 52.0 Å². The lowest BCUT2D eigenvalue weighted by molar-refractivity contribution is 0.443. The molecule has 0 aliphatic carbocycles. The zero-order valence-corrected chi connectivity index (χ0v) is 9.48. The van der Waals surface area contributed by atoms with E-state index in [4.69, 9.17) is 5.26 Å². The van der Waals surface area contributed by atoms with Crippen LogP contribution in [-0.4, -0.2) is 31.2 Å². The molecule has 1 aromatic heterocycles. The first kappa shape index (κ1) is 10.9. The molecule has 1 saturated heterocycles.